The number of nitrogens with one attached hydrogen (secondary N) is 1. The summed E-state index contributed by atoms with van der Waals surface area (Å²) in [6, 6.07) is 7.67. The molecule has 1 atom stereocenters. The lowest BCUT2D eigenvalue weighted by Gasteiger charge is -2.36. The van der Waals surface area contributed by atoms with E-state index in [1.807, 2.05) is 31.3 Å². The fourth-order valence-electron chi connectivity index (χ4n) is 2.68. The zero-order valence-corrected chi connectivity index (χ0v) is 13.6. The molecule has 0 spiro atoms. The van der Waals surface area contributed by atoms with Crippen LogP contribution in [0.4, 0.5) is 0 Å². The van der Waals surface area contributed by atoms with Crippen molar-refractivity contribution in [3.63, 3.8) is 0 Å². The van der Waals surface area contributed by atoms with Gasteiger partial charge in [0.15, 0.2) is 0 Å². The third-order valence-corrected chi connectivity index (χ3v) is 4.00. The molecule has 1 aliphatic heterocycles. The van der Waals surface area contributed by atoms with Gasteiger partial charge < -0.3 is 10.2 Å². The lowest BCUT2D eigenvalue weighted by Crippen LogP contribution is -2.48. The molecule has 1 aliphatic rings. The van der Waals surface area contributed by atoms with Crippen LogP contribution < -0.4 is 5.32 Å². The predicted octanol–water partition coefficient (Wildman–Crippen LogP) is 3.11. The highest BCUT2D eigenvalue weighted by Crippen LogP contribution is 2.28. The van der Waals surface area contributed by atoms with Crippen molar-refractivity contribution >= 4 is 29.9 Å². The van der Waals surface area contributed by atoms with Gasteiger partial charge in [-0.15, -0.1) is 12.4 Å². The summed E-state index contributed by atoms with van der Waals surface area (Å²) in [6.07, 6.45) is 2.02. The standard InChI is InChI=1S/C15H21ClN2O.ClH/c1-15(7-4-8-17-11-15)14(19)18(2)10-12-5-3-6-13(16)9-12;/h3,5-6,9,17H,4,7-8,10-11H2,1-2H3;1H. The van der Waals surface area contributed by atoms with Crippen LogP contribution in [0.25, 0.3) is 0 Å². The Hall–Kier alpha value is -0.770. The van der Waals surface area contributed by atoms with E-state index in [-0.39, 0.29) is 23.7 Å². The van der Waals surface area contributed by atoms with Crippen LogP contribution in [0.3, 0.4) is 0 Å². The first-order valence-electron chi connectivity index (χ1n) is 6.72. The Morgan fingerprint density at radius 3 is 2.85 bits per heavy atom. The molecular formula is C15H22Cl2N2O. The summed E-state index contributed by atoms with van der Waals surface area (Å²) in [6.45, 7) is 4.44. The van der Waals surface area contributed by atoms with Crippen molar-refractivity contribution in [2.45, 2.75) is 26.3 Å². The summed E-state index contributed by atoms with van der Waals surface area (Å²) in [4.78, 5) is 14.4. The first-order chi connectivity index (χ1) is 9.01. The first-order valence-corrected chi connectivity index (χ1v) is 7.10. The summed E-state index contributed by atoms with van der Waals surface area (Å²) in [5.74, 6) is 0.208. The molecule has 20 heavy (non-hydrogen) atoms. The van der Waals surface area contributed by atoms with Crippen LogP contribution in [0.5, 0.6) is 0 Å². The second-order valence-corrected chi connectivity index (χ2v) is 6.07. The van der Waals surface area contributed by atoms with E-state index < -0.39 is 0 Å². The quantitative estimate of drug-likeness (QED) is 0.929. The molecule has 1 amide bonds. The van der Waals surface area contributed by atoms with Crippen LogP contribution in [0.15, 0.2) is 24.3 Å². The van der Waals surface area contributed by atoms with E-state index in [4.69, 9.17) is 11.6 Å². The van der Waals surface area contributed by atoms with Crippen molar-refractivity contribution in [1.29, 1.82) is 0 Å². The molecule has 3 nitrogen and oxygen atoms in total. The SMILES string of the molecule is CN(Cc1cccc(Cl)c1)C(=O)C1(C)CCCNC1.Cl. The zero-order chi connectivity index (χ0) is 13.9. The van der Waals surface area contributed by atoms with E-state index in [0.29, 0.717) is 11.6 Å². The van der Waals surface area contributed by atoms with Gasteiger partial charge in [0.1, 0.15) is 0 Å². The normalized spacial score (nSPS) is 21.9. The number of hydrogen-bond donors (Lipinski definition) is 1. The average Bonchev–Trinajstić information content (AvgIpc) is 2.38. The summed E-state index contributed by atoms with van der Waals surface area (Å²) in [5, 5.41) is 4.03. The summed E-state index contributed by atoms with van der Waals surface area (Å²) in [7, 11) is 1.86. The van der Waals surface area contributed by atoms with Gasteiger partial charge in [-0.3, -0.25) is 4.79 Å². The minimum Gasteiger partial charge on any atom is -0.341 e. The monoisotopic (exact) mass is 316 g/mol. The molecule has 112 valence electrons. The lowest BCUT2D eigenvalue weighted by molar-refractivity contribution is -0.141. The van der Waals surface area contributed by atoms with Gasteiger partial charge >= 0.3 is 0 Å². The zero-order valence-electron chi connectivity index (χ0n) is 12.0. The predicted molar refractivity (Wildman–Crippen MR) is 85.4 cm³/mol. The highest BCUT2D eigenvalue weighted by molar-refractivity contribution is 6.30. The summed E-state index contributed by atoms with van der Waals surface area (Å²) < 4.78 is 0. The average molecular weight is 317 g/mol. The number of carbonyl (C=O) groups is 1. The van der Waals surface area contributed by atoms with E-state index >= 15 is 0 Å². The van der Waals surface area contributed by atoms with Crippen LogP contribution >= 0.6 is 24.0 Å². The topological polar surface area (TPSA) is 32.3 Å². The second-order valence-electron chi connectivity index (χ2n) is 5.63. The molecule has 0 bridgehead atoms. The number of carbonyl (C=O) groups excluding carboxylic acids is 1. The first kappa shape index (κ1) is 17.3. The Kier molecular flexibility index (Phi) is 6.31. The summed E-state index contributed by atoms with van der Waals surface area (Å²) >= 11 is 5.97. The number of rotatable bonds is 3. The Morgan fingerprint density at radius 2 is 2.25 bits per heavy atom. The van der Waals surface area contributed by atoms with Crippen molar-refractivity contribution < 1.29 is 4.79 Å². The maximum atomic E-state index is 12.6. The fraction of sp³-hybridized carbons (Fsp3) is 0.533. The maximum Gasteiger partial charge on any atom is 0.229 e. The molecule has 1 unspecified atom stereocenters. The van der Waals surface area contributed by atoms with Crippen LogP contribution in [-0.2, 0) is 11.3 Å². The van der Waals surface area contributed by atoms with Crippen LogP contribution in [-0.4, -0.2) is 30.9 Å². The third kappa shape index (κ3) is 4.11. The van der Waals surface area contributed by atoms with Crippen molar-refractivity contribution in [2.75, 3.05) is 20.1 Å². The Labute approximate surface area is 132 Å². The number of piperidine rings is 1. The van der Waals surface area contributed by atoms with Crippen molar-refractivity contribution in [2.24, 2.45) is 5.41 Å². The van der Waals surface area contributed by atoms with E-state index in [2.05, 4.69) is 12.2 Å². The van der Waals surface area contributed by atoms with Gasteiger partial charge in [-0.25, -0.2) is 0 Å². The molecule has 0 radical (unpaired) electrons. The molecule has 0 aliphatic carbocycles. The van der Waals surface area contributed by atoms with Gasteiger partial charge in [-0.05, 0) is 44.0 Å². The second kappa shape index (κ2) is 7.30. The van der Waals surface area contributed by atoms with Crippen molar-refractivity contribution in [3.8, 4) is 0 Å². The highest BCUT2D eigenvalue weighted by atomic mass is 35.5. The van der Waals surface area contributed by atoms with Gasteiger partial charge in [-0.2, -0.15) is 0 Å². The fourth-order valence-corrected chi connectivity index (χ4v) is 2.89. The van der Waals surface area contributed by atoms with Crippen molar-refractivity contribution in [3.05, 3.63) is 34.9 Å². The third-order valence-electron chi connectivity index (χ3n) is 3.77. The van der Waals surface area contributed by atoms with Crippen LogP contribution in [0, 0.1) is 5.41 Å². The van der Waals surface area contributed by atoms with Gasteiger partial charge in [0.2, 0.25) is 5.91 Å². The van der Waals surface area contributed by atoms with Crippen LogP contribution in [0.1, 0.15) is 25.3 Å². The van der Waals surface area contributed by atoms with Crippen molar-refractivity contribution in [1.82, 2.24) is 10.2 Å². The Bertz CT molecular complexity index is 459. The van der Waals surface area contributed by atoms with Gasteiger partial charge in [0.25, 0.3) is 0 Å². The van der Waals surface area contributed by atoms with E-state index in [1.54, 1.807) is 4.90 Å². The van der Waals surface area contributed by atoms with E-state index in [9.17, 15) is 4.79 Å². The minimum absolute atomic E-state index is 0. The largest absolute Gasteiger partial charge is 0.341 e. The molecule has 5 heteroatoms. The Balaban J connectivity index is 0.00000200. The number of benzene rings is 1. The molecule has 0 aromatic heterocycles. The number of nitrogens with zero attached hydrogens (tertiary/aromatic N) is 1. The maximum absolute atomic E-state index is 12.6. The smallest absolute Gasteiger partial charge is 0.229 e. The molecule has 0 saturated carbocycles. The molecule has 1 aromatic carbocycles. The van der Waals surface area contributed by atoms with Crippen LogP contribution in [0.2, 0.25) is 5.02 Å². The number of amides is 1. The molecule has 1 heterocycles. The van der Waals surface area contributed by atoms with E-state index in [1.165, 1.54) is 0 Å². The molecular weight excluding hydrogens is 295 g/mol. The number of hydrogen-bond acceptors (Lipinski definition) is 2. The van der Waals surface area contributed by atoms with E-state index in [0.717, 1.165) is 31.5 Å². The summed E-state index contributed by atoms with van der Waals surface area (Å²) in [5.41, 5.74) is 0.793. The highest BCUT2D eigenvalue weighted by Gasteiger charge is 2.36. The molecule has 1 saturated heterocycles. The van der Waals surface area contributed by atoms with Gasteiger partial charge in [0, 0.05) is 25.2 Å². The lowest BCUT2D eigenvalue weighted by atomic mass is 9.81. The van der Waals surface area contributed by atoms with Gasteiger partial charge in [0.05, 0.1) is 5.41 Å². The van der Waals surface area contributed by atoms with Gasteiger partial charge in [-0.1, -0.05) is 23.7 Å². The molecule has 1 N–H and O–H groups in total. The molecule has 2 rings (SSSR count). The minimum atomic E-state index is -0.272. The Morgan fingerprint density at radius 1 is 1.50 bits per heavy atom. The molecule has 1 fully saturated rings. The number of halogens is 2. The molecule has 1 aromatic rings.